The van der Waals surface area contributed by atoms with E-state index in [-0.39, 0.29) is 30.4 Å². The molecule has 2 atom stereocenters. The fourth-order valence-electron chi connectivity index (χ4n) is 4.62. The van der Waals surface area contributed by atoms with Gasteiger partial charge in [0.2, 0.25) is 0 Å². The van der Waals surface area contributed by atoms with Gasteiger partial charge >= 0.3 is 5.97 Å². The average molecular weight is 526 g/mol. The van der Waals surface area contributed by atoms with Crippen LogP contribution in [-0.2, 0) is 17.8 Å². The number of aryl methyl sites for hydroxylation is 1. The van der Waals surface area contributed by atoms with Gasteiger partial charge in [-0.2, -0.15) is 5.10 Å². The zero-order valence-corrected chi connectivity index (χ0v) is 22.3. The van der Waals surface area contributed by atoms with Gasteiger partial charge in [-0.1, -0.05) is 43.7 Å². The van der Waals surface area contributed by atoms with Crippen LogP contribution >= 0.6 is 0 Å². The van der Waals surface area contributed by atoms with Crippen molar-refractivity contribution in [1.29, 1.82) is 0 Å². The Kier molecular flexibility index (Phi) is 9.77. The molecule has 0 saturated heterocycles. The summed E-state index contributed by atoms with van der Waals surface area (Å²) in [6, 6.07) is 13.7. The van der Waals surface area contributed by atoms with Gasteiger partial charge in [-0.05, 0) is 61.9 Å². The van der Waals surface area contributed by atoms with Gasteiger partial charge in [-0.25, -0.2) is 9.07 Å². The summed E-state index contributed by atoms with van der Waals surface area (Å²) in [5.41, 5.74) is 4.38. The zero-order valence-electron chi connectivity index (χ0n) is 22.3. The number of nitrogens with zero attached hydrogens (tertiary/aromatic N) is 3. The van der Waals surface area contributed by atoms with E-state index in [1.807, 2.05) is 45.0 Å². The molecule has 38 heavy (non-hydrogen) atoms. The summed E-state index contributed by atoms with van der Waals surface area (Å²) < 4.78 is 15.3. The number of carboxylic acid groups (broad SMARTS) is 1. The average Bonchev–Trinajstić information content (AvgIpc) is 3.22. The van der Waals surface area contributed by atoms with Crippen molar-refractivity contribution in [1.82, 2.24) is 14.7 Å². The quantitative estimate of drug-likeness (QED) is 0.326. The van der Waals surface area contributed by atoms with E-state index in [4.69, 9.17) is 5.11 Å². The van der Waals surface area contributed by atoms with Gasteiger partial charge < -0.3 is 20.2 Å². The molecule has 0 saturated carbocycles. The number of carbonyl (C=O) groups is 2. The third-order valence-corrected chi connectivity index (χ3v) is 6.39. The van der Waals surface area contributed by atoms with Crippen LogP contribution in [0.1, 0.15) is 71.9 Å². The summed E-state index contributed by atoms with van der Waals surface area (Å²) in [7, 11) is 1.72. The van der Waals surface area contributed by atoms with Crippen molar-refractivity contribution in [2.45, 2.75) is 71.1 Å². The van der Waals surface area contributed by atoms with Crippen molar-refractivity contribution in [2.24, 2.45) is 0 Å². The highest BCUT2D eigenvalue weighted by molar-refractivity contribution is 5.94. The SMILES string of the molecule is Cc1cccc(CN(C)C(=O)c2nn(-c3ccc(F)cc3)c(CC[C@@H](O)C[C@@H](O)CC(=O)O)c2C(C)C)c1. The van der Waals surface area contributed by atoms with Gasteiger partial charge in [-0.3, -0.25) is 9.59 Å². The number of rotatable bonds is 12. The summed E-state index contributed by atoms with van der Waals surface area (Å²) in [6.07, 6.45) is -2.12. The molecule has 0 aliphatic carbocycles. The molecule has 3 aromatic rings. The Bertz CT molecular complexity index is 1260. The first-order valence-corrected chi connectivity index (χ1v) is 12.7. The van der Waals surface area contributed by atoms with E-state index in [1.165, 1.54) is 12.1 Å². The second kappa shape index (κ2) is 12.8. The van der Waals surface area contributed by atoms with E-state index in [9.17, 15) is 24.2 Å². The Morgan fingerprint density at radius 1 is 1.08 bits per heavy atom. The second-order valence-corrected chi connectivity index (χ2v) is 10.1. The molecule has 204 valence electrons. The molecule has 0 aliphatic heterocycles. The van der Waals surface area contributed by atoms with Crippen LogP contribution < -0.4 is 0 Å². The van der Waals surface area contributed by atoms with Crippen molar-refractivity contribution in [3.8, 4) is 5.69 Å². The lowest BCUT2D eigenvalue weighted by Crippen LogP contribution is -2.27. The number of carboxylic acids is 1. The van der Waals surface area contributed by atoms with Gasteiger partial charge in [0.05, 0.1) is 24.3 Å². The van der Waals surface area contributed by atoms with E-state index < -0.39 is 30.4 Å². The number of hydrogen-bond acceptors (Lipinski definition) is 5. The van der Waals surface area contributed by atoms with Gasteiger partial charge in [0.1, 0.15) is 5.82 Å². The van der Waals surface area contributed by atoms with E-state index >= 15 is 0 Å². The van der Waals surface area contributed by atoms with Gasteiger partial charge in [0, 0.05) is 24.8 Å². The summed E-state index contributed by atoms with van der Waals surface area (Å²) in [4.78, 5) is 26.1. The van der Waals surface area contributed by atoms with Crippen molar-refractivity contribution in [3.63, 3.8) is 0 Å². The summed E-state index contributed by atoms with van der Waals surface area (Å²) in [5, 5.41) is 34.0. The summed E-state index contributed by atoms with van der Waals surface area (Å²) >= 11 is 0. The number of hydrogen-bond donors (Lipinski definition) is 3. The summed E-state index contributed by atoms with van der Waals surface area (Å²) in [6.45, 7) is 6.31. The monoisotopic (exact) mass is 525 g/mol. The van der Waals surface area contributed by atoms with Crippen LogP contribution in [0.4, 0.5) is 4.39 Å². The Balaban J connectivity index is 1.95. The van der Waals surface area contributed by atoms with Crippen LogP contribution in [0.15, 0.2) is 48.5 Å². The molecule has 2 aromatic carbocycles. The fraction of sp³-hybridized carbons (Fsp3) is 0.414. The van der Waals surface area contributed by atoms with Gasteiger partial charge in [-0.15, -0.1) is 0 Å². The van der Waals surface area contributed by atoms with E-state index in [0.717, 1.165) is 16.7 Å². The molecule has 1 aromatic heterocycles. The Labute approximate surface area is 222 Å². The predicted molar refractivity (Wildman–Crippen MR) is 142 cm³/mol. The third-order valence-electron chi connectivity index (χ3n) is 6.39. The molecule has 0 unspecified atom stereocenters. The highest BCUT2D eigenvalue weighted by Gasteiger charge is 2.28. The maximum atomic E-state index is 13.7. The minimum absolute atomic E-state index is 0.0831. The van der Waals surface area contributed by atoms with Crippen LogP contribution in [0.5, 0.6) is 0 Å². The minimum atomic E-state index is -1.17. The Morgan fingerprint density at radius 3 is 2.37 bits per heavy atom. The molecule has 0 fully saturated rings. The van der Waals surface area contributed by atoms with Crippen molar-refractivity contribution in [3.05, 3.63) is 82.4 Å². The molecule has 0 bridgehead atoms. The first-order valence-electron chi connectivity index (χ1n) is 12.7. The lowest BCUT2D eigenvalue weighted by Gasteiger charge is -2.18. The van der Waals surface area contributed by atoms with Gasteiger partial charge in [0.25, 0.3) is 5.91 Å². The number of aliphatic hydroxyl groups excluding tert-OH is 2. The van der Waals surface area contributed by atoms with Crippen LogP contribution in [0.25, 0.3) is 5.69 Å². The standard InChI is InChI=1S/C29H36FN3O5/c1-18(2)27-25(13-12-23(34)15-24(35)16-26(36)37)33(22-10-8-21(30)9-11-22)31-28(27)29(38)32(4)17-20-7-5-6-19(3)14-20/h5-11,14,18,23-24,34-35H,12-13,15-17H2,1-4H3,(H,36,37)/t23-,24-/m1/s1. The highest BCUT2D eigenvalue weighted by atomic mass is 19.1. The van der Waals surface area contributed by atoms with Crippen LogP contribution in [0.3, 0.4) is 0 Å². The highest BCUT2D eigenvalue weighted by Crippen LogP contribution is 2.29. The molecule has 3 N–H and O–H groups in total. The largest absolute Gasteiger partial charge is 0.481 e. The molecule has 8 nitrogen and oxygen atoms in total. The number of aliphatic carboxylic acids is 1. The van der Waals surface area contributed by atoms with Crippen molar-refractivity contribution in [2.75, 3.05) is 7.05 Å². The Morgan fingerprint density at radius 2 is 1.76 bits per heavy atom. The lowest BCUT2D eigenvalue weighted by molar-refractivity contribution is -0.139. The lowest BCUT2D eigenvalue weighted by atomic mass is 9.95. The maximum absolute atomic E-state index is 13.7. The van der Waals surface area contributed by atoms with E-state index in [0.29, 0.717) is 24.3 Å². The Hall–Kier alpha value is -3.56. The molecule has 0 spiro atoms. The van der Waals surface area contributed by atoms with Crippen LogP contribution in [0.2, 0.25) is 0 Å². The molecule has 0 aliphatic rings. The molecule has 3 rings (SSSR count). The molecule has 1 heterocycles. The van der Waals surface area contributed by atoms with Crippen molar-refractivity contribution >= 4 is 11.9 Å². The van der Waals surface area contributed by atoms with E-state index in [2.05, 4.69) is 5.10 Å². The van der Waals surface area contributed by atoms with Crippen LogP contribution in [0, 0.1) is 12.7 Å². The molecule has 0 radical (unpaired) electrons. The second-order valence-electron chi connectivity index (χ2n) is 10.1. The number of benzene rings is 2. The molecular weight excluding hydrogens is 489 g/mol. The van der Waals surface area contributed by atoms with E-state index in [1.54, 1.807) is 28.8 Å². The number of aliphatic hydroxyl groups is 2. The molecular formula is C29H36FN3O5. The number of aromatic nitrogens is 2. The third kappa shape index (κ3) is 7.49. The molecule has 9 heteroatoms. The minimum Gasteiger partial charge on any atom is -0.481 e. The molecule has 1 amide bonds. The smallest absolute Gasteiger partial charge is 0.305 e. The normalized spacial score (nSPS) is 12.9. The number of halogens is 1. The topological polar surface area (TPSA) is 116 Å². The number of amides is 1. The first kappa shape index (κ1) is 29.0. The fourth-order valence-corrected chi connectivity index (χ4v) is 4.62. The summed E-state index contributed by atoms with van der Waals surface area (Å²) in [5.74, 6) is -1.88. The first-order chi connectivity index (χ1) is 18.0. The van der Waals surface area contributed by atoms with Crippen LogP contribution in [-0.4, -0.2) is 61.1 Å². The maximum Gasteiger partial charge on any atom is 0.305 e. The number of carbonyl (C=O) groups excluding carboxylic acids is 1. The van der Waals surface area contributed by atoms with Crippen molar-refractivity contribution < 1.29 is 29.3 Å². The predicted octanol–water partition coefficient (Wildman–Crippen LogP) is 4.23. The zero-order chi connectivity index (χ0) is 28.0. The van der Waals surface area contributed by atoms with Gasteiger partial charge in [0.15, 0.2) is 5.69 Å².